The van der Waals surface area contributed by atoms with Gasteiger partial charge in [0.2, 0.25) is 0 Å². The molecule has 0 aromatic carbocycles. The van der Waals surface area contributed by atoms with Crippen LogP contribution in [0.2, 0.25) is 0 Å². The summed E-state index contributed by atoms with van der Waals surface area (Å²) in [6.07, 6.45) is 13.3. The molecule has 0 bridgehead atoms. The molecule has 0 radical (unpaired) electrons. The second-order valence-electron chi connectivity index (χ2n) is 7.09. The third kappa shape index (κ3) is 4.44. The lowest BCUT2D eigenvalue weighted by molar-refractivity contribution is -0.0572. The molecular formula is C17H32N2O. The molecule has 0 spiro atoms. The van der Waals surface area contributed by atoms with Crippen molar-refractivity contribution in [3.63, 3.8) is 0 Å². The number of nitrogens with one attached hydrogen (secondary N) is 1. The van der Waals surface area contributed by atoms with Gasteiger partial charge in [0, 0.05) is 19.6 Å². The topological polar surface area (TPSA) is 24.5 Å². The molecule has 3 aliphatic rings. The van der Waals surface area contributed by atoms with E-state index in [-0.39, 0.29) is 0 Å². The molecule has 20 heavy (non-hydrogen) atoms. The molecule has 0 amide bonds. The summed E-state index contributed by atoms with van der Waals surface area (Å²) in [5.74, 6) is 0.937. The Labute approximate surface area is 124 Å². The second kappa shape index (κ2) is 7.77. The lowest BCUT2D eigenvalue weighted by atomic mass is 9.95. The zero-order valence-corrected chi connectivity index (χ0v) is 13.0. The smallest absolute Gasteiger partial charge is 0.0603 e. The van der Waals surface area contributed by atoms with Crippen molar-refractivity contribution in [3.8, 4) is 0 Å². The van der Waals surface area contributed by atoms with Gasteiger partial charge in [-0.3, -0.25) is 0 Å². The van der Waals surface area contributed by atoms with Crippen LogP contribution in [0.3, 0.4) is 0 Å². The van der Waals surface area contributed by atoms with Gasteiger partial charge < -0.3 is 15.0 Å². The lowest BCUT2D eigenvalue weighted by Crippen LogP contribution is -2.42. The molecule has 3 heteroatoms. The molecule has 0 aromatic heterocycles. The molecule has 1 N–H and O–H groups in total. The van der Waals surface area contributed by atoms with Crippen molar-refractivity contribution >= 4 is 0 Å². The van der Waals surface area contributed by atoms with E-state index >= 15 is 0 Å². The highest BCUT2D eigenvalue weighted by molar-refractivity contribution is 4.78. The Bertz CT molecular complexity index is 236. The lowest BCUT2D eigenvalue weighted by Gasteiger charge is -2.37. The van der Waals surface area contributed by atoms with Gasteiger partial charge in [0.05, 0.1) is 12.2 Å². The van der Waals surface area contributed by atoms with E-state index in [9.17, 15) is 0 Å². The van der Waals surface area contributed by atoms with E-state index in [1.165, 1.54) is 90.5 Å². The summed E-state index contributed by atoms with van der Waals surface area (Å²) in [5.41, 5.74) is 0. The molecule has 0 aromatic rings. The first-order chi connectivity index (χ1) is 9.90. The summed E-state index contributed by atoms with van der Waals surface area (Å²) in [4.78, 5) is 2.69. The number of piperidine rings is 2. The van der Waals surface area contributed by atoms with Gasteiger partial charge >= 0.3 is 0 Å². The van der Waals surface area contributed by atoms with E-state index in [0.29, 0.717) is 12.2 Å². The van der Waals surface area contributed by atoms with Gasteiger partial charge in [-0.1, -0.05) is 19.3 Å². The van der Waals surface area contributed by atoms with Crippen LogP contribution in [0.15, 0.2) is 0 Å². The van der Waals surface area contributed by atoms with E-state index in [1.54, 1.807) is 0 Å². The standard InChI is InChI=1S/C17H32N2O/c1-2-4-16(5-3-1)20-17-8-12-19(13-9-17)14-15-6-10-18-11-7-15/h15-18H,1-14H2. The zero-order valence-electron chi connectivity index (χ0n) is 13.0. The van der Waals surface area contributed by atoms with Crippen LogP contribution in [0, 0.1) is 5.92 Å². The Morgan fingerprint density at radius 3 is 2.15 bits per heavy atom. The van der Waals surface area contributed by atoms with Crippen LogP contribution >= 0.6 is 0 Å². The maximum Gasteiger partial charge on any atom is 0.0603 e. The van der Waals surface area contributed by atoms with Crippen molar-refractivity contribution in [1.29, 1.82) is 0 Å². The molecule has 0 atom stereocenters. The van der Waals surface area contributed by atoms with Crippen LogP contribution in [0.4, 0.5) is 0 Å². The monoisotopic (exact) mass is 280 g/mol. The van der Waals surface area contributed by atoms with Gasteiger partial charge in [-0.25, -0.2) is 0 Å². The second-order valence-corrected chi connectivity index (χ2v) is 7.09. The van der Waals surface area contributed by atoms with Gasteiger partial charge in [-0.15, -0.1) is 0 Å². The molecule has 2 heterocycles. The summed E-state index contributed by atoms with van der Waals surface area (Å²) in [6.45, 7) is 6.32. The highest BCUT2D eigenvalue weighted by Crippen LogP contribution is 2.25. The van der Waals surface area contributed by atoms with E-state index in [0.717, 1.165) is 5.92 Å². The fourth-order valence-corrected chi connectivity index (χ4v) is 4.13. The number of rotatable bonds is 4. The molecule has 0 unspecified atom stereocenters. The normalized spacial score (nSPS) is 28.8. The quantitative estimate of drug-likeness (QED) is 0.857. The summed E-state index contributed by atoms with van der Waals surface area (Å²) in [7, 11) is 0. The Morgan fingerprint density at radius 2 is 1.45 bits per heavy atom. The molecule has 2 saturated heterocycles. The first kappa shape index (κ1) is 14.8. The minimum atomic E-state index is 0.558. The highest BCUT2D eigenvalue weighted by atomic mass is 16.5. The van der Waals surface area contributed by atoms with Crippen LogP contribution in [-0.4, -0.2) is 49.8 Å². The molecule has 3 rings (SSSR count). The van der Waals surface area contributed by atoms with Gasteiger partial charge in [-0.05, 0) is 57.5 Å². The van der Waals surface area contributed by atoms with Gasteiger partial charge in [0.25, 0.3) is 0 Å². The summed E-state index contributed by atoms with van der Waals surface area (Å²) in [5, 5.41) is 3.47. The third-order valence-corrected chi connectivity index (χ3v) is 5.45. The molecule has 2 aliphatic heterocycles. The van der Waals surface area contributed by atoms with E-state index in [1.807, 2.05) is 0 Å². The first-order valence-electron chi connectivity index (χ1n) is 8.98. The number of ether oxygens (including phenoxy) is 1. The summed E-state index contributed by atoms with van der Waals surface area (Å²) in [6, 6.07) is 0. The van der Waals surface area contributed by atoms with Crippen LogP contribution < -0.4 is 5.32 Å². The minimum absolute atomic E-state index is 0.558. The predicted octanol–water partition coefficient (Wildman–Crippen LogP) is 2.80. The Morgan fingerprint density at radius 1 is 0.800 bits per heavy atom. The molecule has 1 saturated carbocycles. The van der Waals surface area contributed by atoms with Crippen molar-refractivity contribution in [3.05, 3.63) is 0 Å². The highest BCUT2D eigenvalue weighted by Gasteiger charge is 2.25. The summed E-state index contributed by atoms with van der Waals surface area (Å²) >= 11 is 0. The average molecular weight is 280 g/mol. The number of nitrogens with zero attached hydrogens (tertiary/aromatic N) is 1. The molecular weight excluding hydrogens is 248 g/mol. The summed E-state index contributed by atoms with van der Waals surface area (Å²) < 4.78 is 6.33. The SMILES string of the molecule is C1CCC(OC2CCN(CC3CCNCC3)CC2)CC1. The van der Waals surface area contributed by atoms with Crippen LogP contribution in [0.5, 0.6) is 0 Å². The van der Waals surface area contributed by atoms with E-state index in [4.69, 9.17) is 4.74 Å². The van der Waals surface area contributed by atoms with Gasteiger partial charge in [0.15, 0.2) is 0 Å². The van der Waals surface area contributed by atoms with Crippen LogP contribution in [0.1, 0.15) is 57.8 Å². The average Bonchev–Trinajstić information content (AvgIpc) is 2.51. The maximum absolute atomic E-state index is 6.33. The van der Waals surface area contributed by atoms with Crippen LogP contribution in [-0.2, 0) is 4.74 Å². The van der Waals surface area contributed by atoms with E-state index in [2.05, 4.69) is 10.2 Å². The van der Waals surface area contributed by atoms with Crippen LogP contribution in [0.25, 0.3) is 0 Å². The largest absolute Gasteiger partial charge is 0.375 e. The van der Waals surface area contributed by atoms with Crippen molar-refractivity contribution < 1.29 is 4.74 Å². The van der Waals surface area contributed by atoms with Crippen molar-refractivity contribution in [2.75, 3.05) is 32.7 Å². The number of hydrogen-bond acceptors (Lipinski definition) is 3. The fourth-order valence-electron chi connectivity index (χ4n) is 4.13. The number of hydrogen-bond donors (Lipinski definition) is 1. The number of likely N-dealkylation sites (tertiary alicyclic amines) is 1. The molecule has 3 nitrogen and oxygen atoms in total. The van der Waals surface area contributed by atoms with Crippen molar-refractivity contribution in [2.45, 2.75) is 70.0 Å². The third-order valence-electron chi connectivity index (χ3n) is 5.45. The fraction of sp³-hybridized carbons (Fsp3) is 1.00. The Hall–Kier alpha value is -0.120. The predicted molar refractivity (Wildman–Crippen MR) is 83.0 cm³/mol. The molecule has 1 aliphatic carbocycles. The first-order valence-corrected chi connectivity index (χ1v) is 8.98. The zero-order chi connectivity index (χ0) is 13.6. The molecule has 116 valence electrons. The van der Waals surface area contributed by atoms with Crippen molar-refractivity contribution in [2.24, 2.45) is 5.92 Å². The van der Waals surface area contributed by atoms with Gasteiger partial charge in [0.1, 0.15) is 0 Å². The maximum atomic E-state index is 6.33. The van der Waals surface area contributed by atoms with E-state index < -0.39 is 0 Å². The van der Waals surface area contributed by atoms with Gasteiger partial charge in [-0.2, -0.15) is 0 Å². The minimum Gasteiger partial charge on any atom is -0.375 e. The molecule has 3 fully saturated rings. The Balaban J connectivity index is 1.33. The van der Waals surface area contributed by atoms with Crippen molar-refractivity contribution in [1.82, 2.24) is 10.2 Å². The Kier molecular flexibility index (Phi) is 5.75.